The van der Waals surface area contributed by atoms with Gasteiger partial charge in [0, 0.05) is 11.1 Å². The van der Waals surface area contributed by atoms with Crippen LogP contribution in [0.15, 0.2) is 78.9 Å². The normalized spacial score (nSPS) is 9.35. The van der Waals surface area contributed by atoms with Crippen LogP contribution in [0.3, 0.4) is 0 Å². The average molecular weight is 294 g/mol. The van der Waals surface area contributed by atoms with Crippen LogP contribution in [0, 0.1) is 24.2 Å². The highest BCUT2D eigenvalue weighted by molar-refractivity contribution is 5.53. The third-order valence-corrected chi connectivity index (χ3v) is 3.23. The maximum atomic E-state index is 5.83. The lowest BCUT2D eigenvalue weighted by Crippen LogP contribution is -1.89. The van der Waals surface area contributed by atoms with Crippen LogP contribution in [-0.2, 0) is 0 Å². The Morgan fingerprint density at radius 3 is 2.04 bits per heavy atom. The van der Waals surface area contributed by atoms with E-state index in [2.05, 4.69) is 17.8 Å². The number of para-hydroxylation sites is 1. The van der Waals surface area contributed by atoms with Crippen LogP contribution in [0.25, 0.3) is 0 Å². The number of rotatable bonds is 2. The molecule has 0 bridgehead atoms. The minimum atomic E-state index is 0.656. The molecule has 0 fully saturated rings. The van der Waals surface area contributed by atoms with Crippen molar-refractivity contribution in [1.29, 1.82) is 0 Å². The predicted molar refractivity (Wildman–Crippen MR) is 93.3 cm³/mol. The first-order valence-electron chi connectivity index (χ1n) is 7.26. The topological polar surface area (TPSA) is 9.23 Å². The van der Waals surface area contributed by atoms with Crippen LogP contribution in [-0.4, -0.2) is 0 Å². The fourth-order valence-corrected chi connectivity index (χ4v) is 2.09. The summed E-state index contributed by atoms with van der Waals surface area (Å²) in [6.45, 7) is 0. The number of benzene rings is 3. The van der Waals surface area contributed by atoms with Crippen LogP contribution < -0.4 is 4.74 Å². The Kier molecular flexibility index (Phi) is 4.44. The van der Waals surface area contributed by atoms with E-state index in [-0.39, 0.29) is 0 Å². The number of hydrogen-bond donors (Lipinski definition) is 0. The highest BCUT2D eigenvalue weighted by atomic mass is 16.5. The number of terminal acetylenes is 1. The lowest BCUT2D eigenvalue weighted by Gasteiger charge is -2.08. The van der Waals surface area contributed by atoms with Crippen LogP contribution in [0.5, 0.6) is 11.5 Å². The van der Waals surface area contributed by atoms with Crippen LogP contribution >= 0.6 is 0 Å². The quantitative estimate of drug-likeness (QED) is 0.613. The molecule has 0 amide bonds. The van der Waals surface area contributed by atoms with E-state index >= 15 is 0 Å². The molecule has 3 rings (SSSR count). The molecule has 108 valence electrons. The van der Waals surface area contributed by atoms with Gasteiger partial charge in [0.1, 0.15) is 11.5 Å². The summed E-state index contributed by atoms with van der Waals surface area (Å²) in [5.41, 5.74) is 2.52. The molecule has 0 aliphatic rings. The molecule has 0 aromatic heterocycles. The summed E-state index contributed by atoms with van der Waals surface area (Å²) in [6, 6.07) is 25.1. The fourth-order valence-electron chi connectivity index (χ4n) is 2.09. The lowest BCUT2D eigenvalue weighted by molar-refractivity contribution is 0.481. The first-order chi connectivity index (χ1) is 11.3. The largest absolute Gasteiger partial charge is 0.456 e. The second kappa shape index (κ2) is 7.03. The van der Waals surface area contributed by atoms with Crippen molar-refractivity contribution < 1.29 is 4.74 Å². The van der Waals surface area contributed by atoms with Gasteiger partial charge in [0.2, 0.25) is 0 Å². The van der Waals surface area contributed by atoms with Gasteiger partial charge in [-0.1, -0.05) is 54.2 Å². The highest BCUT2D eigenvalue weighted by Crippen LogP contribution is 2.25. The zero-order valence-electron chi connectivity index (χ0n) is 12.5. The van der Waals surface area contributed by atoms with Crippen LogP contribution in [0.2, 0.25) is 0 Å². The molecule has 1 nitrogen and oxygen atoms in total. The molecule has 3 aromatic rings. The molecule has 23 heavy (non-hydrogen) atoms. The number of ether oxygens (including phenoxy) is 1. The van der Waals surface area contributed by atoms with Gasteiger partial charge in [0.15, 0.2) is 0 Å². The van der Waals surface area contributed by atoms with Crippen molar-refractivity contribution in [3.05, 3.63) is 95.6 Å². The maximum absolute atomic E-state index is 5.83. The van der Waals surface area contributed by atoms with Crippen molar-refractivity contribution >= 4 is 0 Å². The Hall–Kier alpha value is -3.42. The molecular formula is C22H14O. The second-order valence-electron chi connectivity index (χ2n) is 4.89. The van der Waals surface area contributed by atoms with Crippen molar-refractivity contribution in [2.24, 2.45) is 0 Å². The smallest absolute Gasteiger partial charge is 0.143 e. The zero-order valence-corrected chi connectivity index (χ0v) is 12.5. The summed E-state index contributed by atoms with van der Waals surface area (Å²) in [4.78, 5) is 0. The van der Waals surface area contributed by atoms with Crippen molar-refractivity contribution in [2.75, 3.05) is 0 Å². The Bertz CT molecular complexity index is 891. The van der Waals surface area contributed by atoms with Crippen molar-refractivity contribution in [3.63, 3.8) is 0 Å². The second-order valence-corrected chi connectivity index (χ2v) is 4.89. The summed E-state index contributed by atoms with van der Waals surface area (Å²) >= 11 is 0. The summed E-state index contributed by atoms with van der Waals surface area (Å²) in [6.07, 6.45) is 5.60. The van der Waals surface area contributed by atoms with Gasteiger partial charge < -0.3 is 4.74 Å². The molecule has 0 saturated carbocycles. The Morgan fingerprint density at radius 1 is 0.696 bits per heavy atom. The highest BCUT2D eigenvalue weighted by Gasteiger charge is 2.03. The van der Waals surface area contributed by atoms with Gasteiger partial charge in [-0.2, -0.15) is 0 Å². The van der Waals surface area contributed by atoms with E-state index in [1.165, 1.54) is 0 Å². The van der Waals surface area contributed by atoms with Gasteiger partial charge in [-0.15, -0.1) is 6.42 Å². The van der Waals surface area contributed by atoms with Gasteiger partial charge in [0.25, 0.3) is 0 Å². The van der Waals surface area contributed by atoms with Gasteiger partial charge in [-0.3, -0.25) is 0 Å². The SMILES string of the molecule is C#Cc1cc(C#Cc2ccccc2)ccc1Oc1ccccc1. The van der Waals surface area contributed by atoms with E-state index in [0.717, 1.165) is 16.9 Å². The molecule has 1 heteroatoms. The molecule has 0 aliphatic carbocycles. The zero-order chi connectivity index (χ0) is 15.9. The first-order valence-corrected chi connectivity index (χ1v) is 7.26. The molecule has 0 unspecified atom stereocenters. The molecule has 0 radical (unpaired) electrons. The van der Waals surface area contributed by atoms with Crippen molar-refractivity contribution in [3.8, 4) is 35.7 Å². The summed E-state index contributed by atoms with van der Waals surface area (Å²) in [5.74, 6) is 10.3. The van der Waals surface area contributed by atoms with E-state index in [0.29, 0.717) is 11.3 Å². The van der Waals surface area contributed by atoms with Crippen LogP contribution in [0.1, 0.15) is 16.7 Å². The molecule has 0 heterocycles. The molecule has 0 aliphatic heterocycles. The molecular weight excluding hydrogens is 280 g/mol. The van der Waals surface area contributed by atoms with Gasteiger partial charge in [0.05, 0.1) is 5.56 Å². The van der Waals surface area contributed by atoms with Crippen LogP contribution in [0.4, 0.5) is 0 Å². The number of hydrogen-bond acceptors (Lipinski definition) is 1. The van der Waals surface area contributed by atoms with E-state index in [1.54, 1.807) is 0 Å². The Labute approximate surface area is 136 Å². The Balaban J connectivity index is 1.86. The van der Waals surface area contributed by atoms with Gasteiger partial charge in [-0.05, 0) is 42.5 Å². The average Bonchev–Trinajstić information content (AvgIpc) is 2.62. The van der Waals surface area contributed by atoms with E-state index in [9.17, 15) is 0 Å². The molecule has 3 aromatic carbocycles. The van der Waals surface area contributed by atoms with Crippen molar-refractivity contribution in [2.45, 2.75) is 0 Å². The summed E-state index contributed by atoms with van der Waals surface area (Å²) in [7, 11) is 0. The third kappa shape index (κ3) is 3.82. The van der Waals surface area contributed by atoms with Gasteiger partial charge in [-0.25, -0.2) is 0 Å². The standard InChI is InChI=1S/C22H14O/c1-2-20-17-19(14-13-18-9-5-3-6-10-18)15-16-22(20)23-21-11-7-4-8-12-21/h1,3-12,15-17H. The molecule has 0 atom stereocenters. The lowest BCUT2D eigenvalue weighted by atomic mass is 10.1. The predicted octanol–water partition coefficient (Wildman–Crippen LogP) is 4.86. The molecule has 0 N–H and O–H groups in total. The summed E-state index contributed by atoms with van der Waals surface area (Å²) < 4.78 is 5.83. The minimum Gasteiger partial charge on any atom is -0.456 e. The third-order valence-electron chi connectivity index (χ3n) is 3.23. The Morgan fingerprint density at radius 2 is 1.35 bits per heavy atom. The van der Waals surface area contributed by atoms with Crippen molar-refractivity contribution in [1.82, 2.24) is 0 Å². The van der Waals surface area contributed by atoms with E-state index in [4.69, 9.17) is 11.2 Å². The summed E-state index contributed by atoms with van der Waals surface area (Å²) in [5, 5.41) is 0. The molecule has 0 spiro atoms. The minimum absolute atomic E-state index is 0.656. The monoisotopic (exact) mass is 294 g/mol. The first kappa shape index (κ1) is 14.5. The fraction of sp³-hybridized carbons (Fsp3) is 0. The van der Waals surface area contributed by atoms with E-state index < -0.39 is 0 Å². The van der Waals surface area contributed by atoms with Gasteiger partial charge >= 0.3 is 0 Å². The van der Waals surface area contributed by atoms with E-state index in [1.807, 2.05) is 78.9 Å². The molecule has 0 saturated heterocycles. The maximum Gasteiger partial charge on any atom is 0.143 e.